The minimum atomic E-state index is -0.321. The molecule has 0 aromatic heterocycles. The molecule has 1 atom stereocenters. The maximum absolute atomic E-state index is 12.9. The van der Waals surface area contributed by atoms with E-state index < -0.39 is 0 Å². The quantitative estimate of drug-likeness (QED) is 0.519. The van der Waals surface area contributed by atoms with Crippen molar-refractivity contribution < 1.29 is 19.1 Å². The average Bonchev–Trinajstić information content (AvgIpc) is 2.73. The van der Waals surface area contributed by atoms with E-state index in [9.17, 15) is 9.59 Å². The Bertz CT molecular complexity index is 1070. The molecule has 28 heavy (non-hydrogen) atoms. The van der Waals surface area contributed by atoms with Gasteiger partial charge in [-0.15, -0.1) is 0 Å². The Morgan fingerprint density at radius 2 is 1.93 bits per heavy atom. The van der Waals surface area contributed by atoms with E-state index in [1.165, 1.54) is 7.11 Å². The summed E-state index contributed by atoms with van der Waals surface area (Å²) < 4.78 is 10.7. The zero-order valence-corrected chi connectivity index (χ0v) is 15.8. The molecule has 5 heteroatoms. The normalized spacial score (nSPS) is 15.6. The van der Waals surface area contributed by atoms with Crippen molar-refractivity contribution in [3.8, 4) is 11.5 Å². The topological polar surface area (TPSA) is 64.6 Å². The number of carbonyl (C=O) groups excluding carboxylic acids is 2. The second-order valence-corrected chi connectivity index (χ2v) is 6.77. The number of methoxy groups -OCH3 is 1. The van der Waals surface area contributed by atoms with Gasteiger partial charge in [-0.1, -0.05) is 43.3 Å². The highest BCUT2D eigenvalue weighted by atomic mass is 16.6. The first-order valence-corrected chi connectivity index (χ1v) is 9.30. The fourth-order valence-corrected chi connectivity index (χ4v) is 3.60. The van der Waals surface area contributed by atoms with Crippen LogP contribution in [0.25, 0.3) is 10.8 Å². The van der Waals surface area contributed by atoms with Crippen molar-refractivity contribution in [2.75, 3.05) is 12.4 Å². The number of ketones is 1. The number of benzene rings is 3. The first-order valence-electron chi connectivity index (χ1n) is 9.30. The highest BCUT2D eigenvalue weighted by Crippen LogP contribution is 2.39. The molecule has 0 fully saturated rings. The van der Waals surface area contributed by atoms with Gasteiger partial charge in [0.1, 0.15) is 0 Å². The van der Waals surface area contributed by atoms with Crippen LogP contribution in [0.1, 0.15) is 41.7 Å². The smallest absolute Gasteiger partial charge is 0.311 e. The molecule has 1 N–H and O–H groups in total. The number of hydrogen-bond acceptors (Lipinski definition) is 5. The summed E-state index contributed by atoms with van der Waals surface area (Å²) in [6.45, 7) is 1.74. The Hall–Kier alpha value is -3.34. The molecule has 3 aromatic carbocycles. The molecule has 3 aromatic rings. The Morgan fingerprint density at radius 1 is 1.11 bits per heavy atom. The Kier molecular flexibility index (Phi) is 4.74. The van der Waals surface area contributed by atoms with Crippen molar-refractivity contribution in [1.82, 2.24) is 0 Å². The van der Waals surface area contributed by atoms with Gasteiger partial charge in [0.25, 0.3) is 0 Å². The first kappa shape index (κ1) is 18.0. The molecule has 0 aliphatic carbocycles. The van der Waals surface area contributed by atoms with Crippen LogP contribution in [0.5, 0.6) is 11.5 Å². The van der Waals surface area contributed by atoms with Crippen LogP contribution in [0.2, 0.25) is 0 Å². The van der Waals surface area contributed by atoms with Crippen LogP contribution in [-0.2, 0) is 4.79 Å². The number of esters is 1. The third-order valence-electron chi connectivity index (χ3n) is 5.03. The van der Waals surface area contributed by atoms with Crippen LogP contribution in [0.15, 0.2) is 54.6 Å². The zero-order chi connectivity index (χ0) is 19.7. The van der Waals surface area contributed by atoms with E-state index in [0.717, 1.165) is 27.6 Å². The van der Waals surface area contributed by atoms with Crippen molar-refractivity contribution in [3.05, 3.63) is 65.7 Å². The lowest BCUT2D eigenvalue weighted by molar-refractivity contribution is -0.134. The fourth-order valence-electron chi connectivity index (χ4n) is 3.60. The summed E-state index contributed by atoms with van der Waals surface area (Å²) in [7, 11) is 1.53. The molecule has 1 heterocycles. The summed E-state index contributed by atoms with van der Waals surface area (Å²) in [6, 6.07) is 17.1. The van der Waals surface area contributed by atoms with Crippen molar-refractivity contribution in [3.63, 3.8) is 0 Å². The van der Waals surface area contributed by atoms with Gasteiger partial charge in [0.15, 0.2) is 17.3 Å². The molecule has 1 aliphatic rings. The first-order chi connectivity index (χ1) is 13.6. The van der Waals surface area contributed by atoms with Crippen molar-refractivity contribution in [2.24, 2.45) is 0 Å². The van der Waals surface area contributed by atoms with Crippen LogP contribution in [-0.4, -0.2) is 18.9 Å². The van der Waals surface area contributed by atoms with E-state index in [1.807, 2.05) is 48.5 Å². The molecular weight excluding hydrogens is 354 g/mol. The number of anilines is 1. The van der Waals surface area contributed by atoms with Crippen LogP contribution in [0.4, 0.5) is 5.69 Å². The maximum atomic E-state index is 12.9. The monoisotopic (exact) mass is 375 g/mol. The van der Waals surface area contributed by atoms with Gasteiger partial charge < -0.3 is 14.8 Å². The average molecular weight is 375 g/mol. The minimum absolute atomic E-state index is 0.107. The van der Waals surface area contributed by atoms with Gasteiger partial charge in [-0.05, 0) is 34.5 Å². The Labute approximate surface area is 163 Å². The minimum Gasteiger partial charge on any atom is -0.493 e. The summed E-state index contributed by atoms with van der Waals surface area (Å²) in [5, 5.41) is 5.50. The predicted molar refractivity (Wildman–Crippen MR) is 108 cm³/mol. The molecule has 0 saturated heterocycles. The molecule has 0 amide bonds. The van der Waals surface area contributed by atoms with Crippen molar-refractivity contribution in [1.29, 1.82) is 0 Å². The molecule has 0 spiro atoms. The standard InChI is InChI=1S/C23H21NO4/c1-3-22(26)28-20-11-9-15(12-21(20)27-2)18-13-19(25)23-16-7-5-4-6-14(16)8-10-17(23)24-18/h4-12,18,24H,3,13H2,1-2H3. The highest BCUT2D eigenvalue weighted by Gasteiger charge is 2.28. The number of Topliss-reactive ketones (excluding diaryl/α,β-unsaturated/α-hetero) is 1. The van der Waals surface area contributed by atoms with Gasteiger partial charge in [-0.25, -0.2) is 0 Å². The molecule has 0 saturated carbocycles. The third-order valence-corrected chi connectivity index (χ3v) is 5.03. The van der Waals surface area contributed by atoms with E-state index in [1.54, 1.807) is 13.0 Å². The van der Waals surface area contributed by atoms with E-state index in [-0.39, 0.29) is 24.2 Å². The number of ether oxygens (including phenoxy) is 2. The molecule has 1 unspecified atom stereocenters. The summed E-state index contributed by atoms with van der Waals surface area (Å²) >= 11 is 0. The number of rotatable bonds is 4. The van der Waals surface area contributed by atoms with Gasteiger partial charge >= 0.3 is 5.97 Å². The Morgan fingerprint density at radius 3 is 2.71 bits per heavy atom. The molecule has 142 valence electrons. The second-order valence-electron chi connectivity index (χ2n) is 6.77. The summed E-state index contributed by atoms with van der Waals surface area (Å²) in [5.74, 6) is 0.637. The van der Waals surface area contributed by atoms with E-state index >= 15 is 0 Å². The predicted octanol–water partition coefficient (Wildman–Crippen LogP) is 4.90. The number of hydrogen-bond donors (Lipinski definition) is 1. The van der Waals surface area contributed by atoms with Crippen LogP contribution >= 0.6 is 0 Å². The number of carbonyl (C=O) groups is 2. The van der Waals surface area contributed by atoms with Gasteiger partial charge in [0, 0.05) is 24.1 Å². The zero-order valence-electron chi connectivity index (χ0n) is 15.8. The lowest BCUT2D eigenvalue weighted by atomic mass is 9.89. The second kappa shape index (κ2) is 7.35. The fraction of sp³-hybridized carbons (Fsp3) is 0.217. The van der Waals surface area contributed by atoms with Gasteiger partial charge in [0.05, 0.1) is 13.2 Å². The van der Waals surface area contributed by atoms with E-state index in [4.69, 9.17) is 9.47 Å². The Balaban J connectivity index is 1.67. The van der Waals surface area contributed by atoms with Gasteiger partial charge in [-0.3, -0.25) is 9.59 Å². The SMILES string of the molecule is CCC(=O)Oc1ccc(C2CC(=O)c3c(ccc4ccccc34)N2)cc1OC. The van der Waals surface area contributed by atoms with Crippen LogP contribution in [0, 0.1) is 0 Å². The molecule has 5 nitrogen and oxygen atoms in total. The molecular formula is C23H21NO4. The van der Waals surface area contributed by atoms with Crippen molar-refractivity contribution >= 4 is 28.2 Å². The summed E-state index contributed by atoms with van der Waals surface area (Å²) in [6.07, 6.45) is 0.632. The lowest BCUT2D eigenvalue weighted by Crippen LogP contribution is -2.23. The summed E-state index contributed by atoms with van der Waals surface area (Å²) in [4.78, 5) is 24.5. The van der Waals surface area contributed by atoms with Crippen molar-refractivity contribution in [2.45, 2.75) is 25.8 Å². The maximum Gasteiger partial charge on any atom is 0.311 e. The van der Waals surface area contributed by atoms with Gasteiger partial charge in [-0.2, -0.15) is 0 Å². The largest absolute Gasteiger partial charge is 0.493 e. The molecule has 0 bridgehead atoms. The molecule has 0 radical (unpaired) electrons. The molecule has 4 rings (SSSR count). The lowest BCUT2D eigenvalue weighted by Gasteiger charge is -2.28. The van der Waals surface area contributed by atoms with Gasteiger partial charge in [0.2, 0.25) is 0 Å². The summed E-state index contributed by atoms with van der Waals surface area (Å²) in [5.41, 5.74) is 2.48. The van der Waals surface area contributed by atoms with Crippen LogP contribution in [0.3, 0.4) is 0 Å². The van der Waals surface area contributed by atoms with E-state index in [2.05, 4.69) is 5.32 Å². The van der Waals surface area contributed by atoms with E-state index in [0.29, 0.717) is 17.9 Å². The molecule has 1 aliphatic heterocycles. The van der Waals surface area contributed by atoms with Crippen LogP contribution < -0.4 is 14.8 Å². The highest BCUT2D eigenvalue weighted by molar-refractivity contribution is 6.14. The third kappa shape index (κ3) is 3.20. The number of fused-ring (bicyclic) bond motifs is 3. The number of nitrogens with one attached hydrogen (secondary N) is 1.